The van der Waals surface area contributed by atoms with Gasteiger partial charge in [0, 0.05) is 20.5 Å². The molecular formula is C15H17NO2. The van der Waals surface area contributed by atoms with Gasteiger partial charge in [-0.2, -0.15) is 0 Å². The summed E-state index contributed by atoms with van der Waals surface area (Å²) in [7, 11) is 3.47. The number of nitrogens with zero attached hydrogens (tertiary/aromatic N) is 1. The first-order valence-electron chi connectivity index (χ1n) is 5.88. The molecule has 94 valence electrons. The fraction of sp³-hybridized carbons (Fsp3) is 0.267. The number of methoxy groups -OCH3 is 1. The molecule has 0 bridgehead atoms. The molecule has 0 radical (unpaired) electrons. The summed E-state index contributed by atoms with van der Waals surface area (Å²) in [6.07, 6.45) is 0. The summed E-state index contributed by atoms with van der Waals surface area (Å²) in [5, 5.41) is 2.30. The van der Waals surface area contributed by atoms with Gasteiger partial charge >= 0.3 is 0 Å². The normalized spacial score (nSPS) is 10.4. The van der Waals surface area contributed by atoms with Crippen LogP contribution in [0.1, 0.15) is 12.5 Å². The molecule has 2 rings (SSSR count). The predicted octanol–water partition coefficient (Wildman–Crippen LogP) is 2.83. The van der Waals surface area contributed by atoms with Crippen LogP contribution in [0.2, 0.25) is 0 Å². The highest BCUT2D eigenvalue weighted by Gasteiger charge is 2.04. The average molecular weight is 243 g/mol. The van der Waals surface area contributed by atoms with Crippen LogP contribution >= 0.6 is 0 Å². The number of amides is 1. The zero-order valence-corrected chi connectivity index (χ0v) is 10.9. The smallest absolute Gasteiger partial charge is 0.219 e. The number of carbonyl (C=O) groups is 1. The van der Waals surface area contributed by atoms with E-state index in [0.717, 1.165) is 22.1 Å². The van der Waals surface area contributed by atoms with E-state index in [2.05, 4.69) is 12.1 Å². The van der Waals surface area contributed by atoms with Crippen molar-refractivity contribution in [2.75, 3.05) is 14.2 Å². The van der Waals surface area contributed by atoms with Gasteiger partial charge in [0.05, 0.1) is 7.11 Å². The van der Waals surface area contributed by atoms with Gasteiger partial charge in [-0.25, -0.2) is 0 Å². The van der Waals surface area contributed by atoms with Crippen LogP contribution < -0.4 is 4.74 Å². The number of benzene rings is 2. The topological polar surface area (TPSA) is 29.5 Å². The molecule has 0 aromatic heterocycles. The first kappa shape index (κ1) is 12.4. The van der Waals surface area contributed by atoms with Gasteiger partial charge in [-0.05, 0) is 34.5 Å². The minimum Gasteiger partial charge on any atom is -0.497 e. The van der Waals surface area contributed by atoms with Crippen LogP contribution in [0, 0.1) is 0 Å². The largest absolute Gasteiger partial charge is 0.497 e. The van der Waals surface area contributed by atoms with Gasteiger partial charge in [-0.3, -0.25) is 4.79 Å². The van der Waals surface area contributed by atoms with Crippen LogP contribution in [-0.4, -0.2) is 25.0 Å². The molecule has 3 heteroatoms. The van der Waals surface area contributed by atoms with Crippen molar-refractivity contribution in [2.45, 2.75) is 13.5 Å². The number of fused-ring (bicyclic) bond motifs is 1. The number of hydrogen-bond donors (Lipinski definition) is 0. The zero-order chi connectivity index (χ0) is 13.1. The van der Waals surface area contributed by atoms with Gasteiger partial charge in [-0.15, -0.1) is 0 Å². The van der Waals surface area contributed by atoms with Crippen LogP contribution in [0.3, 0.4) is 0 Å². The maximum absolute atomic E-state index is 11.2. The van der Waals surface area contributed by atoms with E-state index in [4.69, 9.17) is 4.74 Å². The summed E-state index contributed by atoms with van der Waals surface area (Å²) in [4.78, 5) is 12.9. The van der Waals surface area contributed by atoms with Crippen molar-refractivity contribution in [3.63, 3.8) is 0 Å². The van der Waals surface area contributed by atoms with Crippen molar-refractivity contribution < 1.29 is 9.53 Å². The van der Waals surface area contributed by atoms with Crippen molar-refractivity contribution in [3.05, 3.63) is 42.0 Å². The number of rotatable bonds is 3. The quantitative estimate of drug-likeness (QED) is 0.829. The SMILES string of the molecule is COc1ccc2cc(CN(C)C(C)=O)ccc2c1. The van der Waals surface area contributed by atoms with Crippen molar-refractivity contribution in [3.8, 4) is 5.75 Å². The Morgan fingerprint density at radius 1 is 1.17 bits per heavy atom. The zero-order valence-electron chi connectivity index (χ0n) is 10.9. The van der Waals surface area contributed by atoms with Crippen LogP contribution in [0.5, 0.6) is 5.75 Å². The van der Waals surface area contributed by atoms with Crippen LogP contribution in [-0.2, 0) is 11.3 Å². The fourth-order valence-corrected chi connectivity index (χ4v) is 1.88. The Hall–Kier alpha value is -2.03. The Labute approximate surface area is 107 Å². The second-order valence-corrected chi connectivity index (χ2v) is 4.42. The third-order valence-corrected chi connectivity index (χ3v) is 3.07. The average Bonchev–Trinajstić information content (AvgIpc) is 2.37. The lowest BCUT2D eigenvalue weighted by atomic mass is 10.1. The molecule has 0 saturated heterocycles. The molecule has 0 heterocycles. The lowest BCUT2D eigenvalue weighted by molar-refractivity contribution is -0.128. The standard InChI is InChI=1S/C15H17NO2/c1-11(17)16(2)10-12-4-5-14-9-15(18-3)7-6-13(14)8-12/h4-9H,10H2,1-3H3. The minimum absolute atomic E-state index is 0.0739. The number of hydrogen-bond acceptors (Lipinski definition) is 2. The van der Waals surface area contributed by atoms with Crippen molar-refractivity contribution >= 4 is 16.7 Å². The molecule has 0 fully saturated rings. The predicted molar refractivity (Wildman–Crippen MR) is 72.6 cm³/mol. The van der Waals surface area contributed by atoms with Gasteiger partial charge in [0.2, 0.25) is 5.91 Å². The summed E-state index contributed by atoms with van der Waals surface area (Å²) in [5.41, 5.74) is 1.13. The molecule has 0 saturated carbocycles. The van der Waals surface area contributed by atoms with Gasteiger partial charge in [0.15, 0.2) is 0 Å². The van der Waals surface area contributed by atoms with Gasteiger partial charge in [0.25, 0.3) is 0 Å². The Bertz CT molecular complexity index is 578. The molecule has 18 heavy (non-hydrogen) atoms. The molecule has 1 amide bonds. The fourth-order valence-electron chi connectivity index (χ4n) is 1.88. The van der Waals surface area contributed by atoms with E-state index in [-0.39, 0.29) is 5.91 Å². The second kappa shape index (κ2) is 5.08. The molecule has 2 aromatic rings. The maximum Gasteiger partial charge on any atom is 0.219 e. The molecule has 0 unspecified atom stereocenters. The summed E-state index contributed by atoms with van der Waals surface area (Å²) < 4.78 is 5.20. The third-order valence-electron chi connectivity index (χ3n) is 3.07. The highest BCUT2D eigenvalue weighted by Crippen LogP contribution is 2.22. The van der Waals surface area contributed by atoms with Gasteiger partial charge in [0.1, 0.15) is 5.75 Å². The summed E-state index contributed by atoms with van der Waals surface area (Å²) in [6.45, 7) is 2.21. The lowest BCUT2D eigenvalue weighted by Crippen LogP contribution is -2.22. The maximum atomic E-state index is 11.2. The molecule has 3 nitrogen and oxygen atoms in total. The van der Waals surface area contributed by atoms with E-state index >= 15 is 0 Å². The number of ether oxygens (including phenoxy) is 1. The van der Waals surface area contributed by atoms with E-state index in [1.54, 1.807) is 26.0 Å². The Balaban J connectivity index is 2.30. The van der Waals surface area contributed by atoms with Crippen LogP contribution in [0.25, 0.3) is 10.8 Å². The monoisotopic (exact) mass is 243 g/mol. The van der Waals surface area contributed by atoms with Crippen LogP contribution in [0.4, 0.5) is 0 Å². The van der Waals surface area contributed by atoms with E-state index < -0.39 is 0 Å². The first-order valence-corrected chi connectivity index (χ1v) is 5.88. The third kappa shape index (κ3) is 2.62. The first-order chi connectivity index (χ1) is 8.60. The Morgan fingerprint density at radius 3 is 2.50 bits per heavy atom. The van der Waals surface area contributed by atoms with E-state index in [1.165, 1.54) is 0 Å². The summed E-state index contributed by atoms with van der Waals surface area (Å²) >= 11 is 0. The second-order valence-electron chi connectivity index (χ2n) is 4.42. The Kier molecular flexibility index (Phi) is 3.51. The molecule has 0 spiro atoms. The highest BCUT2D eigenvalue weighted by atomic mass is 16.5. The molecule has 0 aliphatic heterocycles. The molecular weight excluding hydrogens is 226 g/mol. The van der Waals surface area contributed by atoms with E-state index in [9.17, 15) is 4.79 Å². The molecule has 0 atom stereocenters. The van der Waals surface area contributed by atoms with Gasteiger partial charge in [-0.1, -0.05) is 18.2 Å². The highest BCUT2D eigenvalue weighted by molar-refractivity contribution is 5.84. The van der Waals surface area contributed by atoms with Crippen LogP contribution in [0.15, 0.2) is 36.4 Å². The van der Waals surface area contributed by atoms with Gasteiger partial charge < -0.3 is 9.64 Å². The molecule has 2 aromatic carbocycles. The molecule has 0 aliphatic carbocycles. The number of carbonyl (C=O) groups excluding carboxylic acids is 1. The summed E-state index contributed by atoms with van der Waals surface area (Å²) in [6, 6.07) is 12.2. The Morgan fingerprint density at radius 2 is 1.83 bits per heavy atom. The van der Waals surface area contributed by atoms with Crippen molar-refractivity contribution in [1.82, 2.24) is 4.90 Å². The summed E-state index contributed by atoms with van der Waals surface area (Å²) in [5.74, 6) is 0.931. The molecule has 0 N–H and O–H groups in total. The van der Waals surface area contributed by atoms with Crippen molar-refractivity contribution in [1.29, 1.82) is 0 Å². The minimum atomic E-state index is 0.0739. The lowest BCUT2D eigenvalue weighted by Gasteiger charge is -2.15. The van der Waals surface area contributed by atoms with E-state index in [1.807, 2.05) is 24.3 Å². The van der Waals surface area contributed by atoms with E-state index in [0.29, 0.717) is 6.54 Å². The molecule has 0 aliphatic rings. The van der Waals surface area contributed by atoms with Crippen molar-refractivity contribution in [2.24, 2.45) is 0 Å².